The zero-order valence-corrected chi connectivity index (χ0v) is 9.75. The maximum atomic E-state index is 13.0. The quantitative estimate of drug-likeness (QED) is 0.847. The molecule has 1 aromatic rings. The van der Waals surface area contributed by atoms with Crippen molar-refractivity contribution in [1.82, 2.24) is 4.90 Å². The van der Waals surface area contributed by atoms with Gasteiger partial charge in [0.05, 0.1) is 0 Å². The van der Waals surface area contributed by atoms with Crippen LogP contribution in [0.5, 0.6) is 0 Å². The van der Waals surface area contributed by atoms with E-state index in [1.54, 1.807) is 12.1 Å². The first kappa shape index (κ1) is 11.6. The van der Waals surface area contributed by atoms with Crippen molar-refractivity contribution in [3.8, 4) is 0 Å². The van der Waals surface area contributed by atoms with Crippen molar-refractivity contribution in [2.75, 3.05) is 19.6 Å². The molecule has 0 amide bonds. The molecule has 88 valence electrons. The molecule has 2 nitrogen and oxygen atoms in total. The highest BCUT2D eigenvalue weighted by Crippen LogP contribution is 2.29. The molecule has 1 heterocycles. The van der Waals surface area contributed by atoms with Gasteiger partial charge in [-0.25, -0.2) is 4.39 Å². The van der Waals surface area contributed by atoms with Crippen molar-refractivity contribution in [2.24, 2.45) is 11.1 Å². The van der Waals surface area contributed by atoms with Crippen LogP contribution >= 0.6 is 0 Å². The molecule has 3 heteroatoms. The number of hydrogen-bond acceptors (Lipinski definition) is 2. The Morgan fingerprint density at radius 2 is 2.31 bits per heavy atom. The third kappa shape index (κ3) is 2.60. The molecule has 1 unspecified atom stereocenters. The fraction of sp³-hybridized carbons (Fsp3) is 0.538. The standard InChI is InChI=1S/C13H19FN2/c1-13(9-15)5-6-16(10-13)8-11-3-2-4-12(14)7-11/h2-4,7H,5-6,8-10,15H2,1H3. The van der Waals surface area contributed by atoms with Crippen molar-refractivity contribution in [2.45, 2.75) is 19.9 Å². The van der Waals surface area contributed by atoms with Gasteiger partial charge >= 0.3 is 0 Å². The summed E-state index contributed by atoms with van der Waals surface area (Å²) in [6, 6.07) is 6.83. The van der Waals surface area contributed by atoms with Crippen LogP contribution in [0.1, 0.15) is 18.9 Å². The van der Waals surface area contributed by atoms with Gasteiger partial charge in [0.15, 0.2) is 0 Å². The Bertz CT molecular complexity index is 367. The minimum atomic E-state index is -0.154. The fourth-order valence-corrected chi connectivity index (χ4v) is 2.32. The van der Waals surface area contributed by atoms with Crippen LogP contribution in [0.15, 0.2) is 24.3 Å². The Balaban J connectivity index is 1.97. The van der Waals surface area contributed by atoms with Crippen molar-refractivity contribution in [3.05, 3.63) is 35.6 Å². The van der Waals surface area contributed by atoms with Crippen molar-refractivity contribution in [1.29, 1.82) is 0 Å². The van der Waals surface area contributed by atoms with Crippen LogP contribution in [0, 0.1) is 11.2 Å². The van der Waals surface area contributed by atoms with Crippen LogP contribution in [-0.4, -0.2) is 24.5 Å². The van der Waals surface area contributed by atoms with Gasteiger partial charge in [0.25, 0.3) is 0 Å². The van der Waals surface area contributed by atoms with E-state index in [4.69, 9.17) is 5.73 Å². The second kappa shape index (κ2) is 4.52. The lowest BCUT2D eigenvalue weighted by Gasteiger charge is -2.22. The Morgan fingerprint density at radius 3 is 2.94 bits per heavy atom. The highest BCUT2D eigenvalue weighted by atomic mass is 19.1. The molecule has 2 N–H and O–H groups in total. The molecule has 0 aliphatic carbocycles. The van der Waals surface area contributed by atoms with Crippen LogP contribution in [0.3, 0.4) is 0 Å². The van der Waals surface area contributed by atoms with Gasteiger partial charge in [-0.15, -0.1) is 0 Å². The molecule has 0 spiro atoms. The molecule has 16 heavy (non-hydrogen) atoms. The van der Waals surface area contributed by atoms with Crippen LogP contribution in [0.2, 0.25) is 0 Å². The number of hydrogen-bond donors (Lipinski definition) is 1. The first-order valence-electron chi connectivity index (χ1n) is 5.78. The summed E-state index contributed by atoms with van der Waals surface area (Å²) in [6.07, 6.45) is 1.14. The summed E-state index contributed by atoms with van der Waals surface area (Å²) in [5.74, 6) is -0.154. The summed E-state index contributed by atoms with van der Waals surface area (Å²) < 4.78 is 13.0. The van der Waals surface area contributed by atoms with Crippen molar-refractivity contribution >= 4 is 0 Å². The molecule has 1 aliphatic heterocycles. The molecule has 0 radical (unpaired) electrons. The van der Waals surface area contributed by atoms with E-state index >= 15 is 0 Å². The van der Waals surface area contributed by atoms with Gasteiger partial charge in [0.1, 0.15) is 5.82 Å². The molecule has 1 atom stereocenters. The first-order valence-corrected chi connectivity index (χ1v) is 5.78. The van der Waals surface area contributed by atoms with Gasteiger partial charge in [0.2, 0.25) is 0 Å². The van der Waals surface area contributed by atoms with Crippen LogP contribution in [0.4, 0.5) is 4.39 Å². The molecule has 1 aromatic carbocycles. The van der Waals surface area contributed by atoms with E-state index in [1.807, 2.05) is 6.07 Å². The highest BCUT2D eigenvalue weighted by Gasteiger charge is 2.32. The lowest BCUT2D eigenvalue weighted by Crippen LogP contribution is -2.31. The van der Waals surface area contributed by atoms with E-state index in [-0.39, 0.29) is 11.2 Å². The van der Waals surface area contributed by atoms with E-state index in [9.17, 15) is 4.39 Å². The van der Waals surface area contributed by atoms with Crippen LogP contribution in [-0.2, 0) is 6.54 Å². The van der Waals surface area contributed by atoms with Gasteiger partial charge in [0, 0.05) is 13.1 Å². The van der Waals surface area contributed by atoms with Crippen LogP contribution < -0.4 is 5.73 Å². The SMILES string of the molecule is CC1(CN)CCN(Cc2cccc(F)c2)C1. The number of likely N-dealkylation sites (tertiary alicyclic amines) is 1. The predicted octanol–water partition coefficient (Wildman–Crippen LogP) is 2.00. The van der Waals surface area contributed by atoms with Crippen molar-refractivity contribution < 1.29 is 4.39 Å². The summed E-state index contributed by atoms with van der Waals surface area (Å²) in [7, 11) is 0. The molecule has 1 saturated heterocycles. The summed E-state index contributed by atoms with van der Waals surface area (Å²) in [6.45, 7) is 5.85. The van der Waals surface area contributed by atoms with E-state index in [0.29, 0.717) is 0 Å². The number of nitrogens with two attached hydrogens (primary N) is 1. The van der Waals surface area contributed by atoms with E-state index in [0.717, 1.165) is 38.2 Å². The Morgan fingerprint density at radius 1 is 1.50 bits per heavy atom. The second-order valence-corrected chi connectivity index (χ2v) is 5.11. The number of nitrogens with zero attached hydrogens (tertiary/aromatic N) is 1. The molecule has 0 bridgehead atoms. The minimum absolute atomic E-state index is 0.154. The summed E-state index contributed by atoms with van der Waals surface area (Å²) in [5.41, 5.74) is 7.05. The number of benzene rings is 1. The van der Waals surface area contributed by atoms with E-state index in [2.05, 4.69) is 11.8 Å². The third-order valence-electron chi connectivity index (χ3n) is 3.42. The summed E-state index contributed by atoms with van der Waals surface area (Å²) in [5, 5.41) is 0. The van der Waals surface area contributed by atoms with E-state index in [1.165, 1.54) is 6.07 Å². The Hall–Kier alpha value is -0.930. The largest absolute Gasteiger partial charge is 0.330 e. The van der Waals surface area contributed by atoms with E-state index < -0.39 is 0 Å². The summed E-state index contributed by atoms with van der Waals surface area (Å²) in [4.78, 5) is 2.35. The topological polar surface area (TPSA) is 29.3 Å². The monoisotopic (exact) mass is 222 g/mol. The second-order valence-electron chi connectivity index (χ2n) is 5.11. The average molecular weight is 222 g/mol. The fourth-order valence-electron chi connectivity index (χ4n) is 2.32. The zero-order valence-electron chi connectivity index (χ0n) is 9.75. The molecule has 0 aromatic heterocycles. The normalized spacial score (nSPS) is 26.2. The molecule has 1 aliphatic rings. The lowest BCUT2D eigenvalue weighted by atomic mass is 9.90. The van der Waals surface area contributed by atoms with Crippen LogP contribution in [0.25, 0.3) is 0 Å². The van der Waals surface area contributed by atoms with Gasteiger partial charge in [-0.2, -0.15) is 0 Å². The number of halogens is 1. The first-order chi connectivity index (χ1) is 7.61. The molecule has 1 fully saturated rings. The molecular formula is C13H19FN2. The zero-order chi connectivity index (χ0) is 11.6. The summed E-state index contributed by atoms with van der Waals surface area (Å²) >= 11 is 0. The van der Waals surface area contributed by atoms with Gasteiger partial charge in [-0.1, -0.05) is 19.1 Å². The van der Waals surface area contributed by atoms with Crippen molar-refractivity contribution in [3.63, 3.8) is 0 Å². The molecule has 0 saturated carbocycles. The highest BCUT2D eigenvalue weighted by molar-refractivity contribution is 5.16. The lowest BCUT2D eigenvalue weighted by molar-refractivity contribution is 0.274. The van der Waals surface area contributed by atoms with Gasteiger partial charge in [-0.05, 0) is 42.6 Å². The average Bonchev–Trinajstić information content (AvgIpc) is 2.61. The minimum Gasteiger partial charge on any atom is -0.330 e. The smallest absolute Gasteiger partial charge is 0.123 e. The molecule has 2 rings (SSSR count). The Kier molecular flexibility index (Phi) is 3.26. The maximum Gasteiger partial charge on any atom is 0.123 e. The third-order valence-corrected chi connectivity index (χ3v) is 3.42. The Labute approximate surface area is 96.2 Å². The number of rotatable bonds is 3. The maximum absolute atomic E-state index is 13.0. The van der Waals surface area contributed by atoms with Gasteiger partial charge < -0.3 is 5.73 Å². The van der Waals surface area contributed by atoms with Gasteiger partial charge in [-0.3, -0.25) is 4.90 Å². The molecular weight excluding hydrogens is 203 g/mol. The predicted molar refractivity (Wildman–Crippen MR) is 63.5 cm³/mol.